The van der Waals surface area contributed by atoms with Crippen LogP contribution in [0.1, 0.15) is 58.2 Å². The van der Waals surface area contributed by atoms with E-state index in [-0.39, 0.29) is 5.91 Å². The minimum Gasteiger partial charge on any atom is -0.348 e. The van der Waals surface area contributed by atoms with Gasteiger partial charge in [-0.15, -0.1) is 0 Å². The molecule has 0 bridgehead atoms. The predicted molar refractivity (Wildman–Crippen MR) is 109 cm³/mol. The van der Waals surface area contributed by atoms with Gasteiger partial charge in [0.25, 0.3) is 5.91 Å². The van der Waals surface area contributed by atoms with Crippen molar-refractivity contribution in [2.24, 2.45) is 0 Å². The number of carbonyl (C=O) groups is 1. The number of benzene rings is 2. The second-order valence-corrected chi connectivity index (χ2v) is 7.25. The van der Waals surface area contributed by atoms with Gasteiger partial charge in [-0.25, -0.2) is 0 Å². The highest BCUT2D eigenvalue weighted by molar-refractivity contribution is 5.94. The Bertz CT molecular complexity index is 909. The van der Waals surface area contributed by atoms with Gasteiger partial charge in [0.2, 0.25) is 0 Å². The van der Waals surface area contributed by atoms with E-state index in [1.807, 2.05) is 54.1 Å². The molecule has 0 fully saturated rings. The van der Waals surface area contributed by atoms with Crippen LogP contribution < -0.4 is 5.32 Å². The van der Waals surface area contributed by atoms with Crippen LogP contribution >= 0.6 is 0 Å². The Hall–Kier alpha value is -2.88. The molecule has 0 radical (unpaired) electrons. The Kier molecular flexibility index (Phi) is 5.75. The van der Waals surface area contributed by atoms with Gasteiger partial charge in [0.15, 0.2) is 0 Å². The zero-order valence-electron chi connectivity index (χ0n) is 16.5. The quantitative estimate of drug-likeness (QED) is 0.697. The summed E-state index contributed by atoms with van der Waals surface area (Å²) in [5, 5.41) is 7.68. The van der Waals surface area contributed by atoms with Gasteiger partial charge in [0.05, 0.1) is 12.2 Å². The molecule has 0 aliphatic rings. The molecule has 0 saturated carbocycles. The van der Waals surface area contributed by atoms with E-state index in [9.17, 15) is 4.79 Å². The number of amides is 1. The molecule has 0 aliphatic heterocycles. The van der Waals surface area contributed by atoms with Gasteiger partial charge in [-0.1, -0.05) is 56.3 Å². The van der Waals surface area contributed by atoms with Crippen LogP contribution in [0.3, 0.4) is 0 Å². The second kappa shape index (κ2) is 8.21. The molecule has 0 atom stereocenters. The fourth-order valence-corrected chi connectivity index (χ4v) is 3.19. The lowest BCUT2D eigenvalue weighted by Gasteiger charge is -2.09. The monoisotopic (exact) mass is 361 g/mol. The first-order valence-electron chi connectivity index (χ1n) is 9.40. The van der Waals surface area contributed by atoms with Crippen molar-refractivity contribution in [2.75, 3.05) is 0 Å². The molecule has 1 N–H and O–H groups in total. The van der Waals surface area contributed by atoms with Gasteiger partial charge in [0, 0.05) is 23.4 Å². The summed E-state index contributed by atoms with van der Waals surface area (Å²) in [6.45, 7) is 9.56. The van der Waals surface area contributed by atoms with Crippen LogP contribution in [0.2, 0.25) is 0 Å². The molecule has 0 unspecified atom stereocenters. The number of nitrogens with zero attached hydrogens (tertiary/aromatic N) is 2. The lowest BCUT2D eigenvalue weighted by molar-refractivity contribution is 0.0951. The van der Waals surface area contributed by atoms with Gasteiger partial charge in [-0.3, -0.25) is 9.48 Å². The molecule has 140 valence electrons. The molecule has 0 spiro atoms. The molecular weight excluding hydrogens is 334 g/mol. The van der Waals surface area contributed by atoms with Crippen molar-refractivity contribution in [2.45, 2.75) is 46.7 Å². The maximum absolute atomic E-state index is 12.5. The van der Waals surface area contributed by atoms with E-state index in [4.69, 9.17) is 0 Å². The highest BCUT2D eigenvalue weighted by atomic mass is 16.1. The minimum absolute atomic E-state index is 0.0556. The normalized spacial score (nSPS) is 11.0. The molecule has 3 aromatic rings. The number of nitrogens with one attached hydrogen (secondary N) is 1. The van der Waals surface area contributed by atoms with Gasteiger partial charge in [-0.05, 0) is 43.0 Å². The van der Waals surface area contributed by atoms with E-state index in [0.717, 1.165) is 23.5 Å². The van der Waals surface area contributed by atoms with Crippen LogP contribution in [0.15, 0.2) is 54.6 Å². The summed E-state index contributed by atoms with van der Waals surface area (Å²) in [5.41, 5.74) is 6.26. The molecule has 2 aromatic carbocycles. The van der Waals surface area contributed by atoms with Crippen molar-refractivity contribution < 1.29 is 4.79 Å². The van der Waals surface area contributed by atoms with Crippen LogP contribution in [-0.2, 0) is 13.1 Å². The highest BCUT2D eigenvalue weighted by Gasteiger charge is 2.13. The average Bonchev–Trinajstić information content (AvgIpc) is 2.93. The topological polar surface area (TPSA) is 46.9 Å². The maximum Gasteiger partial charge on any atom is 0.251 e. The number of hydrogen-bond acceptors (Lipinski definition) is 2. The summed E-state index contributed by atoms with van der Waals surface area (Å²) in [6, 6.07) is 18.1. The first-order valence-corrected chi connectivity index (χ1v) is 9.40. The average molecular weight is 361 g/mol. The summed E-state index contributed by atoms with van der Waals surface area (Å²) in [7, 11) is 0. The maximum atomic E-state index is 12.5. The number of aromatic nitrogens is 2. The summed E-state index contributed by atoms with van der Waals surface area (Å²) < 4.78 is 2.00. The van der Waals surface area contributed by atoms with Crippen LogP contribution in [0.4, 0.5) is 0 Å². The Morgan fingerprint density at radius 1 is 1.04 bits per heavy atom. The van der Waals surface area contributed by atoms with Gasteiger partial charge < -0.3 is 5.32 Å². The molecule has 0 aliphatic carbocycles. The summed E-state index contributed by atoms with van der Waals surface area (Å²) in [5.74, 6) is 0.405. The van der Waals surface area contributed by atoms with Crippen molar-refractivity contribution in [1.82, 2.24) is 15.1 Å². The van der Waals surface area contributed by atoms with Gasteiger partial charge >= 0.3 is 0 Å². The van der Waals surface area contributed by atoms with E-state index < -0.39 is 0 Å². The first kappa shape index (κ1) is 18.9. The summed E-state index contributed by atoms with van der Waals surface area (Å²) in [4.78, 5) is 12.5. The van der Waals surface area contributed by atoms with E-state index in [0.29, 0.717) is 18.0 Å². The highest BCUT2D eigenvalue weighted by Crippen LogP contribution is 2.16. The molecule has 27 heavy (non-hydrogen) atoms. The number of aryl methyl sites for hydroxylation is 1. The molecule has 1 aromatic heterocycles. The third-order valence-corrected chi connectivity index (χ3v) is 4.97. The Balaban J connectivity index is 1.68. The summed E-state index contributed by atoms with van der Waals surface area (Å²) in [6.07, 6.45) is 0. The zero-order valence-corrected chi connectivity index (χ0v) is 16.5. The van der Waals surface area contributed by atoms with Crippen molar-refractivity contribution in [3.05, 3.63) is 88.2 Å². The standard InChI is InChI=1S/C23H27N3O/c1-16(2)20-10-12-21(13-11-20)23(27)24-14-22-17(3)25-26(18(22)4)15-19-8-6-5-7-9-19/h5-13,16H,14-15H2,1-4H3,(H,24,27). The van der Waals surface area contributed by atoms with Crippen molar-refractivity contribution in [3.63, 3.8) is 0 Å². The molecule has 0 saturated heterocycles. The third-order valence-electron chi connectivity index (χ3n) is 4.97. The van der Waals surface area contributed by atoms with Crippen LogP contribution in [0.25, 0.3) is 0 Å². The first-order chi connectivity index (χ1) is 13.0. The van der Waals surface area contributed by atoms with E-state index in [2.05, 4.69) is 43.3 Å². The SMILES string of the molecule is Cc1nn(Cc2ccccc2)c(C)c1CNC(=O)c1ccc(C(C)C)cc1. The number of rotatable bonds is 6. The molecule has 4 nitrogen and oxygen atoms in total. The molecule has 4 heteroatoms. The Labute approximate surface area is 161 Å². The smallest absolute Gasteiger partial charge is 0.251 e. The number of hydrogen-bond donors (Lipinski definition) is 1. The zero-order chi connectivity index (χ0) is 19.4. The Morgan fingerprint density at radius 2 is 1.70 bits per heavy atom. The lowest BCUT2D eigenvalue weighted by Crippen LogP contribution is -2.23. The van der Waals surface area contributed by atoms with E-state index >= 15 is 0 Å². The fraction of sp³-hybridized carbons (Fsp3) is 0.304. The fourth-order valence-electron chi connectivity index (χ4n) is 3.19. The van der Waals surface area contributed by atoms with Gasteiger partial charge in [0.1, 0.15) is 0 Å². The van der Waals surface area contributed by atoms with Crippen molar-refractivity contribution in [3.8, 4) is 0 Å². The predicted octanol–water partition coefficient (Wildman–Crippen LogP) is 4.60. The van der Waals surface area contributed by atoms with Crippen LogP contribution in [0.5, 0.6) is 0 Å². The molecule has 1 amide bonds. The van der Waals surface area contributed by atoms with E-state index in [1.54, 1.807) is 0 Å². The van der Waals surface area contributed by atoms with Gasteiger partial charge in [-0.2, -0.15) is 5.10 Å². The largest absolute Gasteiger partial charge is 0.348 e. The summed E-state index contributed by atoms with van der Waals surface area (Å²) >= 11 is 0. The lowest BCUT2D eigenvalue weighted by atomic mass is 10.0. The molecule has 1 heterocycles. The van der Waals surface area contributed by atoms with Crippen molar-refractivity contribution in [1.29, 1.82) is 0 Å². The van der Waals surface area contributed by atoms with E-state index in [1.165, 1.54) is 11.1 Å². The molecule has 3 rings (SSSR count). The third kappa shape index (κ3) is 4.45. The van der Waals surface area contributed by atoms with Crippen LogP contribution in [-0.4, -0.2) is 15.7 Å². The number of carbonyl (C=O) groups excluding carboxylic acids is 1. The second-order valence-electron chi connectivity index (χ2n) is 7.25. The van der Waals surface area contributed by atoms with Crippen LogP contribution in [0, 0.1) is 13.8 Å². The Morgan fingerprint density at radius 3 is 2.33 bits per heavy atom. The molecular formula is C23H27N3O. The van der Waals surface area contributed by atoms with Crippen molar-refractivity contribution >= 4 is 5.91 Å². The minimum atomic E-state index is -0.0556.